The third-order valence-corrected chi connectivity index (χ3v) is 17.6. The molecule has 3 saturated carbocycles. The molecule has 0 spiro atoms. The van der Waals surface area contributed by atoms with Crippen molar-refractivity contribution in [3.8, 4) is 5.75 Å². The van der Waals surface area contributed by atoms with Gasteiger partial charge in [0.25, 0.3) is 0 Å². The van der Waals surface area contributed by atoms with Gasteiger partial charge in [0.1, 0.15) is 43.6 Å². The van der Waals surface area contributed by atoms with E-state index in [0.29, 0.717) is 23.7 Å². The molecule has 0 radical (unpaired) electrons. The smallest absolute Gasteiger partial charge is 0.338 e. The SMILES string of the molecule is C=O.CCCc1ccc(C(=O)OC2CCC(C(OO)c3ccc(CCC)cc3)CC2)cc1.CCCc1ccc(COOC2CCC(OC(=O)c3ccc(CCC)cc3)CC2)cc1.CCCc1ccc(OC2CCC(C(OO)c3ccc(CCC)cc3)CC2)cc1. The summed E-state index contributed by atoms with van der Waals surface area (Å²) in [6.45, 7) is 15.5. The first kappa shape index (κ1) is 72.6. The van der Waals surface area contributed by atoms with Crippen molar-refractivity contribution < 1.29 is 58.7 Å². The van der Waals surface area contributed by atoms with E-state index in [0.717, 1.165) is 170 Å². The van der Waals surface area contributed by atoms with Gasteiger partial charge >= 0.3 is 11.9 Å². The molecule has 488 valence electrons. The molecule has 9 rings (SSSR count). The van der Waals surface area contributed by atoms with E-state index in [1.807, 2.05) is 55.3 Å². The first-order valence-electron chi connectivity index (χ1n) is 33.8. The largest absolute Gasteiger partial charge is 0.490 e. The molecule has 3 aliphatic carbocycles. The summed E-state index contributed by atoms with van der Waals surface area (Å²) in [5.41, 5.74) is 12.3. The molecule has 12 heteroatoms. The van der Waals surface area contributed by atoms with E-state index < -0.39 is 0 Å². The summed E-state index contributed by atoms with van der Waals surface area (Å²) < 4.78 is 17.6. The van der Waals surface area contributed by atoms with E-state index in [4.69, 9.17) is 38.6 Å². The molecule has 0 amide bonds. The van der Waals surface area contributed by atoms with Gasteiger partial charge in [0.15, 0.2) is 0 Å². The molecular formula is C78H104O12. The Morgan fingerprint density at radius 2 is 0.656 bits per heavy atom. The number of hydrogen-bond acceptors (Lipinski definition) is 12. The zero-order valence-electron chi connectivity index (χ0n) is 54.8. The molecule has 0 bridgehead atoms. The van der Waals surface area contributed by atoms with Gasteiger partial charge in [0.2, 0.25) is 0 Å². The van der Waals surface area contributed by atoms with Gasteiger partial charge in [0.05, 0.1) is 23.3 Å². The van der Waals surface area contributed by atoms with Crippen molar-refractivity contribution in [2.24, 2.45) is 11.8 Å². The van der Waals surface area contributed by atoms with Crippen LogP contribution >= 0.6 is 0 Å². The fourth-order valence-corrected chi connectivity index (χ4v) is 12.6. The van der Waals surface area contributed by atoms with Crippen molar-refractivity contribution in [3.63, 3.8) is 0 Å². The van der Waals surface area contributed by atoms with E-state index in [2.05, 4.69) is 139 Å². The molecule has 3 aliphatic rings. The third kappa shape index (κ3) is 24.3. The number of aryl methyl sites for hydroxylation is 6. The minimum atomic E-state index is -0.330. The van der Waals surface area contributed by atoms with Crippen molar-refractivity contribution in [3.05, 3.63) is 207 Å². The average Bonchev–Trinajstić information content (AvgIpc) is 1.99. The minimum absolute atomic E-state index is 0.0428. The molecule has 6 aromatic rings. The molecule has 6 aromatic carbocycles. The maximum atomic E-state index is 12.5. The summed E-state index contributed by atoms with van der Waals surface area (Å²) in [6.07, 6.45) is 23.4. The molecule has 3 fully saturated rings. The van der Waals surface area contributed by atoms with E-state index in [1.54, 1.807) is 0 Å². The maximum absolute atomic E-state index is 12.5. The molecule has 2 unspecified atom stereocenters. The van der Waals surface area contributed by atoms with E-state index in [-0.39, 0.29) is 54.5 Å². The Labute approximate surface area is 538 Å². The normalized spacial score (nSPS) is 19.4. The van der Waals surface area contributed by atoms with E-state index >= 15 is 0 Å². The highest BCUT2D eigenvalue weighted by atomic mass is 17.2. The van der Waals surface area contributed by atoms with Gasteiger partial charge in [-0.15, -0.1) is 0 Å². The maximum Gasteiger partial charge on any atom is 0.338 e. The van der Waals surface area contributed by atoms with Crippen LogP contribution in [0.2, 0.25) is 0 Å². The first-order valence-corrected chi connectivity index (χ1v) is 33.8. The van der Waals surface area contributed by atoms with Gasteiger partial charge in [-0.1, -0.05) is 189 Å². The third-order valence-electron chi connectivity index (χ3n) is 17.6. The topological polar surface area (TPSA) is 156 Å². The van der Waals surface area contributed by atoms with Crippen LogP contribution in [0.3, 0.4) is 0 Å². The predicted octanol–water partition coefficient (Wildman–Crippen LogP) is 19.3. The number of carbonyl (C=O) groups is 3. The number of benzene rings is 6. The van der Waals surface area contributed by atoms with Gasteiger partial charge < -0.3 is 19.0 Å². The average molecular weight is 1230 g/mol. The molecule has 0 heterocycles. The van der Waals surface area contributed by atoms with Crippen LogP contribution in [0.4, 0.5) is 0 Å². The van der Waals surface area contributed by atoms with Crippen LogP contribution in [0.5, 0.6) is 5.75 Å². The lowest BCUT2D eigenvalue weighted by molar-refractivity contribution is -0.338. The lowest BCUT2D eigenvalue weighted by atomic mass is 9.81. The highest BCUT2D eigenvalue weighted by molar-refractivity contribution is 5.90. The van der Waals surface area contributed by atoms with Crippen molar-refractivity contribution in [1.29, 1.82) is 0 Å². The second-order valence-corrected chi connectivity index (χ2v) is 24.6. The lowest BCUT2D eigenvalue weighted by Gasteiger charge is -2.32. The van der Waals surface area contributed by atoms with Crippen molar-refractivity contribution >= 4 is 18.7 Å². The van der Waals surface area contributed by atoms with Crippen LogP contribution in [-0.4, -0.2) is 53.7 Å². The summed E-state index contributed by atoms with van der Waals surface area (Å²) in [7, 11) is 0. The minimum Gasteiger partial charge on any atom is -0.490 e. The number of ether oxygens (including phenoxy) is 3. The molecule has 2 N–H and O–H groups in total. The Hall–Kier alpha value is -6.51. The Balaban J connectivity index is 0.000000212. The molecule has 12 nitrogen and oxygen atoms in total. The zero-order chi connectivity index (χ0) is 64.3. The van der Waals surface area contributed by atoms with Crippen LogP contribution in [0, 0.1) is 11.8 Å². The zero-order valence-corrected chi connectivity index (χ0v) is 54.8. The quantitative estimate of drug-likeness (QED) is 0.0273. The molecule has 90 heavy (non-hydrogen) atoms. The first-order chi connectivity index (χ1) is 44.0. The van der Waals surface area contributed by atoms with Gasteiger partial charge in [-0.3, -0.25) is 10.5 Å². The number of esters is 2. The molecule has 2 atom stereocenters. The highest BCUT2D eigenvalue weighted by Gasteiger charge is 2.33. The summed E-state index contributed by atoms with van der Waals surface area (Å²) >= 11 is 0. The van der Waals surface area contributed by atoms with Crippen LogP contribution in [0.1, 0.15) is 240 Å². The van der Waals surface area contributed by atoms with Gasteiger partial charge in [-0.25, -0.2) is 29.1 Å². The van der Waals surface area contributed by atoms with Crippen LogP contribution in [-0.2, 0) is 79.0 Å². The Bertz CT molecular complexity index is 2870. The second kappa shape index (κ2) is 41.1. The second-order valence-electron chi connectivity index (χ2n) is 24.6. The molecule has 0 aliphatic heterocycles. The van der Waals surface area contributed by atoms with Gasteiger partial charge in [0, 0.05) is 0 Å². The van der Waals surface area contributed by atoms with E-state index in [1.165, 1.54) is 39.8 Å². The van der Waals surface area contributed by atoms with Crippen molar-refractivity contribution in [1.82, 2.24) is 0 Å². The van der Waals surface area contributed by atoms with Crippen LogP contribution in [0.25, 0.3) is 0 Å². The summed E-state index contributed by atoms with van der Waals surface area (Å²) in [4.78, 5) is 53.7. The molecule has 0 aromatic heterocycles. The molecule has 0 saturated heterocycles. The van der Waals surface area contributed by atoms with Crippen molar-refractivity contribution in [2.45, 2.75) is 239 Å². The lowest BCUT2D eigenvalue weighted by Crippen LogP contribution is -2.28. The predicted molar refractivity (Wildman–Crippen MR) is 358 cm³/mol. The Morgan fingerprint density at radius 1 is 0.378 bits per heavy atom. The monoisotopic (exact) mass is 1230 g/mol. The van der Waals surface area contributed by atoms with Crippen molar-refractivity contribution in [2.75, 3.05) is 0 Å². The van der Waals surface area contributed by atoms with Gasteiger partial charge in [-0.05, 0) is 214 Å². The van der Waals surface area contributed by atoms with Crippen LogP contribution < -0.4 is 4.74 Å². The highest BCUT2D eigenvalue weighted by Crippen LogP contribution is 2.40. The van der Waals surface area contributed by atoms with Gasteiger partial charge in [-0.2, -0.15) is 0 Å². The summed E-state index contributed by atoms with van der Waals surface area (Å²) in [5.74, 6) is 1.03. The Morgan fingerprint density at radius 3 is 0.989 bits per heavy atom. The summed E-state index contributed by atoms with van der Waals surface area (Å²) in [5, 5.41) is 19.1. The fourth-order valence-electron chi connectivity index (χ4n) is 12.6. The Kier molecular flexibility index (Phi) is 33.1. The molecular weight excluding hydrogens is 1130 g/mol. The number of carbonyl (C=O) groups excluding carboxylic acids is 3. The fraction of sp³-hybridized carbons (Fsp3) is 0.500. The number of rotatable bonds is 28. The van der Waals surface area contributed by atoms with Crippen LogP contribution in [0.15, 0.2) is 146 Å². The summed E-state index contributed by atoms with van der Waals surface area (Å²) in [6, 6.07) is 49.4. The van der Waals surface area contributed by atoms with E-state index in [9.17, 15) is 20.1 Å². The standard InChI is InChI=1S/2C26H34O4.C25H34O3.CH2O/c1-3-5-19-7-11-21(12-8-19)25(30-28)22-15-17-24(18-16-22)29-26(27)23-13-9-20(6-4-2)10-14-23;1-3-5-20-7-9-22(10-8-20)19-28-30-25-17-15-24(16-18-25)29-26(27)23-13-11-21(6-4-2)12-14-23;1-3-5-19-7-11-21(12-8-19)25(28-26)22-13-17-24(18-14-22)27-23-15-9-20(6-4-2)10-16-23;1-2/h7-14,22,24-25,28H,3-6,15-18H2,1-2H3;7-14,24-25H,3-6,15-19H2,1-2H3;7-12,15-16,22,24-26H,3-6,13-14,17-18H2,1-2H3;1H2. The number of hydrogen-bond donors (Lipinski definition) is 2.